The maximum Gasteiger partial charge on any atom is 0.290 e. The van der Waals surface area contributed by atoms with Crippen LogP contribution in [0.25, 0.3) is 0 Å². The highest BCUT2D eigenvalue weighted by atomic mass is 19.1. The quantitative estimate of drug-likeness (QED) is 0.655. The van der Waals surface area contributed by atoms with Gasteiger partial charge in [0.2, 0.25) is 0 Å². The van der Waals surface area contributed by atoms with Crippen LogP contribution in [0.5, 0.6) is 0 Å². The van der Waals surface area contributed by atoms with Gasteiger partial charge >= 0.3 is 0 Å². The molecule has 2 aromatic rings. The van der Waals surface area contributed by atoms with Crippen molar-refractivity contribution in [3.05, 3.63) is 82.9 Å². The third kappa shape index (κ3) is 4.71. The fraction of sp³-hybridized carbons (Fsp3) is 0.304. The molecule has 1 N–H and O–H groups in total. The second-order valence-corrected chi connectivity index (χ2v) is 6.97. The van der Waals surface area contributed by atoms with Gasteiger partial charge in [-0.2, -0.15) is 0 Å². The Morgan fingerprint density at radius 3 is 2.48 bits per heavy atom. The van der Waals surface area contributed by atoms with Crippen LogP contribution in [0.1, 0.15) is 30.0 Å². The molecule has 0 aliphatic carbocycles. The molecule has 6 heteroatoms. The van der Waals surface area contributed by atoms with Crippen LogP contribution in [-0.4, -0.2) is 42.0 Å². The standard InChI is InChI=1S/C23H24FNO4/c1-29-15-5-14-25-21(17-9-11-18(24)12-10-17)20(22(27)23(25)28)19(26)13-8-16-6-3-2-4-7-16/h2-4,6-7,9-12,21,27H,5,8,13-15H2,1H3. The Morgan fingerprint density at radius 1 is 1.14 bits per heavy atom. The molecule has 3 rings (SSSR count). The molecule has 0 saturated carbocycles. The van der Waals surface area contributed by atoms with E-state index in [-0.39, 0.29) is 17.8 Å². The van der Waals surface area contributed by atoms with Crippen LogP contribution in [-0.2, 0) is 20.7 Å². The van der Waals surface area contributed by atoms with Crippen LogP contribution in [0.15, 0.2) is 65.9 Å². The summed E-state index contributed by atoms with van der Waals surface area (Å²) in [5.41, 5.74) is 1.67. The number of carbonyl (C=O) groups excluding carboxylic acids is 2. The summed E-state index contributed by atoms with van der Waals surface area (Å²) >= 11 is 0. The zero-order chi connectivity index (χ0) is 20.8. The third-order valence-electron chi connectivity index (χ3n) is 5.02. The molecule has 1 heterocycles. The highest BCUT2D eigenvalue weighted by Crippen LogP contribution is 2.38. The van der Waals surface area contributed by atoms with Crippen LogP contribution in [0, 0.1) is 5.82 Å². The SMILES string of the molecule is COCCCN1C(=O)C(O)=C(C(=O)CCc2ccccc2)C1c1ccc(F)cc1. The summed E-state index contributed by atoms with van der Waals surface area (Å²) in [6, 6.07) is 14.5. The van der Waals surface area contributed by atoms with E-state index >= 15 is 0 Å². The first kappa shape index (κ1) is 20.7. The van der Waals surface area contributed by atoms with Crippen molar-refractivity contribution in [2.75, 3.05) is 20.3 Å². The number of Topliss-reactive ketones (excluding diaryl/α,β-unsaturated/α-hetero) is 1. The molecule has 0 spiro atoms. The average molecular weight is 397 g/mol. The maximum absolute atomic E-state index is 13.4. The fourth-order valence-corrected chi connectivity index (χ4v) is 3.58. The van der Waals surface area contributed by atoms with Gasteiger partial charge in [-0.1, -0.05) is 42.5 Å². The number of hydrogen-bond donors (Lipinski definition) is 1. The lowest BCUT2D eigenvalue weighted by molar-refractivity contribution is -0.129. The number of hydrogen-bond acceptors (Lipinski definition) is 4. The molecule has 2 aromatic carbocycles. The van der Waals surface area contributed by atoms with Crippen molar-refractivity contribution in [1.82, 2.24) is 4.90 Å². The Balaban J connectivity index is 1.87. The van der Waals surface area contributed by atoms with Crippen molar-refractivity contribution in [3.8, 4) is 0 Å². The minimum atomic E-state index is -0.733. The van der Waals surface area contributed by atoms with Crippen molar-refractivity contribution < 1.29 is 23.8 Å². The Labute approximate surface area is 169 Å². The van der Waals surface area contributed by atoms with E-state index in [0.717, 1.165) is 5.56 Å². The van der Waals surface area contributed by atoms with Crippen LogP contribution >= 0.6 is 0 Å². The van der Waals surface area contributed by atoms with Gasteiger partial charge in [-0.25, -0.2) is 4.39 Å². The summed E-state index contributed by atoms with van der Waals surface area (Å²) in [4.78, 5) is 27.2. The van der Waals surface area contributed by atoms with Crippen molar-refractivity contribution in [2.45, 2.75) is 25.3 Å². The van der Waals surface area contributed by atoms with Gasteiger partial charge in [-0.15, -0.1) is 0 Å². The number of aryl methyl sites for hydroxylation is 1. The van der Waals surface area contributed by atoms with Gasteiger partial charge in [0.05, 0.1) is 11.6 Å². The number of benzene rings is 2. The van der Waals surface area contributed by atoms with E-state index in [4.69, 9.17) is 4.74 Å². The van der Waals surface area contributed by atoms with Gasteiger partial charge in [0.1, 0.15) is 5.82 Å². The van der Waals surface area contributed by atoms with E-state index in [9.17, 15) is 19.1 Å². The lowest BCUT2D eigenvalue weighted by Gasteiger charge is -2.26. The third-order valence-corrected chi connectivity index (χ3v) is 5.02. The number of halogens is 1. The summed E-state index contributed by atoms with van der Waals surface area (Å²) < 4.78 is 18.5. The van der Waals surface area contributed by atoms with Crippen LogP contribution < -0.4 is 0 Å². The number of nitrogens with zero attached hydrogens (tertiary/aromatic N) is 1. The van der Waals surface area contributed by atoms with Gasteiger partial charge < -0.3 is 14.7 Å². The monoisotopic (exact) mass is 397 g/mol. The number of aliphatic hydroxyl groups is 1. The number of carbonyl (C=O) groups is 2. The molecule has 1 aliphatic rings. The Kier molecular flexibility index (Phi) is 6.77. The van der Waals surface area contributed by atoms with Gasteiger partial charge in [-0.05, 0) is 36.1 Å². The number of aliphatic hydroxyl groups excluding tert-OH is 1. The molecule has 5 nitrogen and oxygen atoms in total. The van der Waals surface area contributed by atoms with E-state index in [1.807, 2.05) is 30.3 Å². The molecule has 0 saturated heterocycles. The van der Waals surface area contributed by atoms with Gasteiger partial charge in [0.25, 0.3) is 5.91 Å². The van der Waals surface area contributed by atoms with E-state index < -0.39 is 23.5 Å². The number of amides is 1. The van der Waals surface area contributed by atoms with Crippen LogP contribution in [0.2, 0.25) is 0 Å². The van der Waals surface area contributed by atoms with E-state index in [1.165, 1.54) is 17.0 Å². The second-order valence-electron chi connectivity index (χ2n) is 6.97. The zero-order valence-corrected chi connectivity index (χ0v) is 16.3. The molecule has 1 amide bonds. The van der Waals surface area contributed by atoms with Crippen molar-refractivity contribution in [3.63, 3.8) is 0 Å². The summed E-state index contributed by atoms with van der Waals surface area (Å²) in [5.74, 6) is -1.80. The lowest BCUT2D eigenvalue weighted by Crippen LogP contribution is -2.32. The zero-order valence-electron chi connectivity index (χ0n) is 16.3. The molecular weight excluding hydrogens is 373 g/mol. The Hall–Kier alpha value is -2.99. The predicted octanol–water partition coefficient (Wildman–Crippen LogP) is 3.76. The summed E-state index contributed by atoms with van der Waals surface area (Å²) in [7, 11) is 1.57. The normalized spacial score (nSPS) is 16.6. The molecule has 0 fully saturated rings. The minimum absolute atomic E-state index is 0.0787. The number of ether oxygens (including phenoxy) is 1. The molecule has 1 aliphatic heterocycles. The van der Waals surface area contributed by atoms with Crippen molar-refractivity contribution in [2.24, 2.45) is 0 Å². The predicted molar refractivity (Wildman–Crippen MR) is 107 cm³/mol. The average Bonchev–Trinajstić information content (AvgIpc) is 2.98. The Morgan fingerprint density at radius 2 is 1.83 bits per heavy atom. The molecular formula is C23H24FNO4. The van der Waals surface area contributed by atoms with Crippen molar-refractivity contribution >= 4 is 11.7 Å². The first-order chi connectivity index (χ1) is 14.0. The first-order valence-corrected chi connectivity index (χ1v) is 9.58. The molecule has 1 atom stereocenters. The maximum atomic E-state index is 13.4. The van der Waals surface area contributed by atoms with E-state index in [1.54, 1.807) is 19.2 Å². The number of methoxy groups -OCH3 is 1. The highest BCUT2D eigenvalue weighted by molar-refractivity contribution is 6.09. The highest BCUT2D eigenvalue weighted by Gasteiger charge is 2.42. The molecule has 0 aromatic heterocycles. The van der Waals surface area contributed by atoms with Gasteiger partial charge in [0.15, 0.2) is 11.5 Å². The Bertz CT molecular complexity index is 893. The largest absolute Gasteiger partial charge is 0.503 e. The summed E-state index contributed by atoms with van der Waals surface area (Å²) in [6.07, 6.45) is 1.23. The van der Waals surface area contributed by atoms with Crippen LogP contribution in [0.4, 0.5) is 4.39 Å². The van der Waals surface area contributed by atoms with Gasteiger partial charge in [-0.3, -0.25) is 9.59 Å². The topological polar surface area (TPSA) is 66.8 Å². The second kappa shape index (κ2) is 9.47. The first-order valence-electron chi connectivity index (χ1n) is 9.58. The van der Waals surface area contributed by atoms with E-state index in [2.05, 4.69) is 0 Å². The fourth-order valence-electron chi connectivity index (χ4n) is 3.58. The number of ketones is 1. The minimum Gasteiger partial charge on any atom is -0.503 e. The summed E-state index contributed by atoms with van der Waals surface area (Å²) in [6.45, 7) is 0.756. The van der Waals surface area contributed by atoms with E-state index in [0.29, 0.717) is 31.6 Å². The molecule has 0 bridgehead atoms. The van der Waals surface area contributed by atoms with Crippen molar-refractivity contribution in [1.29, 1.82) is 0 Å². The molecule has 29 heavy (non-hydrogen) atoms. The van der Waals surface area contributed by atoms with Gasteiger partial charge in [0, 0.05) is 26.7 Å². The lowest BCUT2D eigenvalue weighted by atomic mass is 9.93. The number of rotatable bonds is 9. The smallest absolute Gasteiger partial charge is 0.290 e. The molecule has 152 valence electrons. The molecule has 0 radical (unpaired) electrons. The summed E-state index contributed by atoms with van der Waals surface area (Å²) in [5, 5.41) is 10.5. The van der Waals surface area contributed by atoms with Crippen LogP contribution in [0.3, 0.4) is 0 Å². The molecule has 1 unspecified atom stereocenters.